The van der Waals surface area contributed by atoms with Gasteiger partial charge < -0.3 is 15.2 Å². The molecular weight excluding hydrogens is 341 g/mol. The monoisotopic (exact) mass is 349 g/mol. The third kappa shape index (κ3) is 2.94. The number of rotatable bonds is 4. The molecule has 0 spiro atoms. The lowest BCUT2D eigenvalue weighted by atomic mass is 9.83. The first kappa shape index (κ1) is 17.4. The topological polar surface area (TPSA) is 75.6 Å². The van der Waals surface area contributed by atoms with Crippen LogP contribution in [0.4, 0.5) is 22.0 Å². The van der Waals surface area contributed by atoms with Crippen molar-refractivity contribution in [2.24, 2.45) is 0 Å². The van der Waals surface area contributed by atoms with Gasteiger partial charge in [0.2, 0.25) is 6.86 Å². The van der Waals surface area contributed by atoms with Crippen molar-refractivity contribution < 1.29 is 41.4 Å². The van der Waals surface area contributed by atoms with Crippen LogP contribution in [0.3, 0.4) is 0 Å². The normalized spacial score (nSPS) is 16.8. The summed E-state index contributed by atoms with van der Waals surface area (Å²) in [5, 5.41) is 11.3. The van der Waals surface area contributed by atoms with Crippen LogP contribution in [0.25, 0.3) is 0 Å². The fraction of sp³-hybridized carbons (Fsp3) is 0.143. The third-order valence-electron chi connectivity index (χ3n) is 3.20. The Labute approximate surface area is 131 Å². The molecule has 1 aliphatic rings. The number of benzene rings is 1. The van der Waals surface area contributed by atoms with Gasteiger partial charge in [0.25, 0.3) is 0 Å². The average molecular weight is 349 g/mol. The van der Waals surface area contributed by atoms with Crippen LogP contribution in [0.2, 0.25) is 0 Å². The number of hydrogen-bond donors (Lipinski definition) is 2. The Morgan fingerprint density at radius 1 is 1.08 bits per heavy atom. The molecule has 24 heavy (non-hydrogen) atoms. The Bertz CT molecular complexity index is 749. The molecule has 0 amide bonds. The summed E-state index contributed by atoms with van der Waals surface area (Å²) in [5.41, 5.74) is -2.88. The van der Waals surface area contributed by atoms with E-state index < -0.39 is 64.7 Å². The minimum atomic E-state index is -2.05. The molecule has 2 N–H and O–H groups in total. The van der Waals surface area contributed by atoms with Crippen molar-refractivity contribution in [2.75, 3.05) is 6.86 Å². The zero-order valence-corrected chi connectivity index (χ0v) is 11.6. The maximum absolute atomic E-state index is 14.0. The molecule has 10 heteroatoms. The molecule has 5 nitrogen and oxygen atoms in total. The van der Waals surface area contributed by atoms with Gasteiger partial charge in [-0.1, -0.05) is 0 Å². The van der Waals surface area contributed by atoms with E-state index in [0.29, 0.717) is 0 Å². The van der Waals surface area contributed by atoms with Gasteiger partial charge in [0, 0.05) is 24.0 Å². The fourth-order valence-corrected chi connectivity index (χ4v) is 2.21. The van der Waals surface area contributed by atoms with E-state index in [1.807, 2.05) is 0 Å². The smallest absolute Gasteiger partial charge is 0.338 e. The van der Waals surface area contributed by atoms with Crippen molar-refractivity contribution in [2.45, 2.75) is 5.92 Å². The highest BCUT2D eigenvalue weighted by Crippen LogP contribution is 2.38. The molecule has 1 unspecified atom stereocenters. The number of carbonyl (C=O) groups is 2. The van der Waals surface area contributed by atoms with Crippen LogP contribution >= 0.6 is 0 Å². The van der Waals surface area contributed by atoms with E-state index in [1.165, 1.54) is 0 Å². The van der Waals surface area contributed by atoms with Gasteiger partial charge in [0.15, 0.2) is 23.3 Å². The highest BCUT2D eigenvalue weighted by molar-refractivity contribution is 5.98. The van der Waals surface area contributed by atoms with E-state index in [9.17, 15) is 31.5 Å². The molecule has 1 atom stereocenters. The first-order valence-electron chi connectivity index (χ1n) is 6.25. The molecule has 128 valence electrons. The minimum Gasteiger partial charge on any atom is -0.478 e. The standard InChI is InChI=1S/C14H8F5NO4/c15-4-24-14(23)6-3-20-2-5(13(21)22)9(6)10-11(18)7(16)1-8(17)12(10)19/h1-3,9,20H,4H2,(H,21,22). The van der Waals surface area contributed by atoms with Crippen LogP contribution in [0.1, 0.15) is 11.5 Å². The van der Waals surface area contributed by atoms with E-state index in [1.54, 1.807) is 0 Å². The Morgan fingerprint density at radius 3 is 2.12 bits per heavy atom. The highest BCUT2D eigenvalue weighted by Gasteiger charge is 2.38. The number of esters is 1. The summed E-state index contributed by atoms with van der Waals surface area (Å²) < 4.78 is 71.1. The van der Waals surface area contributed by atoms with E-state index >= 15 is 0 Å². The molecule has 0 fully saturated rings. The van der Waals surface area contributed by atoms with Crippen molar-refractivity contribution in [1.82, 2.24) is 5.32 Å². The predicted octanol–water partition coefficient (Wildman–Crippen LogP) is 2.25. The second-order valence-electron chi connectivity index (χ2n) is 4.53. The number of dihydropyridines is 1. The minimum absolute atomic E-state index is 0.0668. The number of carboxylic acids is 1. The lowest BCUT2D eigenvalue weighted by Crippen LogP contribution is -2.28. The van der Waals surface area contributed by atoms with E-state index in [4.69, 9.17) is 5.11 Å². The lowest BCUT2D eigenvalue weighted by molar-refractivity contribution is -0.143. The van der Waals surface area contributed by atoms with Crippen molar-refractivity contribution >= 4 is 11.9 Å². The maximum Gasteiger partial charge on any atom is 0.338 e. The molecule has 1 heterocycles. The van der Waals surface area contributed by atoms with Gasteiger partial charge in [-0.2, -0.15) is 0 Å². The molecular formula is C14H8F5NO4. The first-order valence-corrected chi connectivity index (χ1v) is 6.25. The summed E-state index contributed by atoms with van der Waals surface area (Å²) in [5.74, 6) is -12.6. The molecule has 0 radical (unpaired) electrons. The number of aliphatic carboxylic acids is 1. The van der Waals surface area contributed by atoms with Gasteiger partial charge >= 0.3 is 11.9 Å². The zero-order chi connectivity index (χ0) is 18.0. The lowest BCUT2D eigenvalue weighted by Gasteiger charge is -2.24. The Kier molecular flexibility index (Phi) is 4.86. The van der Waals surface area contributed by atoms with Gasteiger partial charge in [-0.15, -0.1) is 0 Å². The zero-order valence-electron chi connectivity index (χ0n) is 11.6. The van der Waals surface area contributed by atoms with Crippen LogP contribution in [0.15, 0.2) is 29.6 Å². The van der Waals surface area contributed by atoms with Crippen LogP contribution in [-0.4, -0.2) is 23.9 Å². The molecule has 1 aromatic rings. The SMILES string of the molecule is O=C(O)C1=CNC=C(C(=O)OCF)C1c1c(F)c(F)cc(F)c1F. The van der Waals surface area contributed by atoms with Gasteiger partial charge in [0.1, 0.15) is 0 Å². The fourth-order valence-electron chi connectivity index (χ4n) is 2.21. The van der Waals surface area contributed by atoms with Crippen molar-refractivity contribution in [3.05, 3.63) is 58.4 Å². The summed E-state index contributed by atoms with van der Waals surface area (Å²) >= 11 is 0. The summed E-state index contributed by atoms with van der Waals surface area (Å²) in [6.07, 6.45) is 1.55. The summed E-state index contributed by atoms with van der Waals surface area (Å²) in [4.78, 5) is 23.0. The van der Waals surface area contributed by atoms with Gasteiger partial charge in [-0.3, -0.25) is 0 Å². The van der Waals surface area contributed by atoms with Crippen LogP contribution < -0.4 is 5.32 Å². The Morgan fingerprint density at radius 2 is 1.62 bits per heavy atom. The van der Waals surface area contributed by atoms with E-state index in [0.717, 1.165) is 12.4 Å². The summed E-state index contributed by atoms with van der Waals surface area (Å²) in [7, 11) is 0. The number of halogens is 5. The van der Waals surface area contributed by atoms with Crippen LogP contribution in [0.5, 0.6) is 0 Å². The first-order chi connectivity index (χ1) is 11.3. The highest BCUT2D eigenvalue weighted by atomic mass is 19.2. The van der Waals surface area contributed by atoms with E-state index in [-0.39, 0.29) is 6.07 Å². The molecule has 1 aromatic carbocycles. The Hall–Kier alpha value is -2.91. The number of carbonyl (C=O) groups excluding carboxylic acids is 1. The van der Waals surface area contributed by atoms with Crippen molar-refractivity contribution in [3.63, 3.8) is 0 Å². The second-order valence-corrected chi connectivity index (χ2v) is 4.53. The summed E-state index contributed by atoms with van der Waals surface area (Å²) in [6.45, 7) is -1.60. The molecule has 0 aliphatic carbocycles. The molecule has 0 bridgehead atoms. The number of hydrogen-bond acceptors (Lipinski definition) is 4. The molecule has 0 aromatic heterocycles. The van der Waals surface area contributed by atoms with Crippen LogP contribution in [-0.2, 0) is 14.3 Å². The van der Waals surface area contributed by atoms with Crippen molar-refractivity contribution in [3.8, 4) is 0 Å². The summed E-state index contributed by atoms with van der Waals surface area (Å²) in [6, 6.07) is -0.0668. The molecule has 1 aliphatic heterocycles. The number of alkyl halides is 1. The molecule has 2 rings (SSSR count). The predicted molar refractivity (Wildman–Crippen MR) is 68.0 cm³/mol. The average Bonchev–Trinajstić information content (AvgIpc) is 2.53. The van der Waals surface area contributed by atoms with E-state index in [2.05, 4.69) is 10.1 Å². The van der Waals surface area contributed by atoms with Crippen LogP contribution in [0, 0.1) is 23.3 Å². The van der Waals surface area contributed by atoms with Gasteiger partial charge in [-0.05, 0) is 0 Å². The van der Waals surface area contributed by atoms with Gasteiger partial charge in [-0.25, -0.2) is 31.5 Å². The Balaban J connectivity index is 2.71. The second kappa shape index (κ2) is 6.69. The largest absolute Gasteiger partial charge is 0.478 e. The molecule has 0 saturated heterocycles. The molecule has 0 saturated carbocycles. The maximum atomic E-state index is 14.0. The number of ether oxygens (including phenoxy) is 1. The van der Waals surface area contributed by atoms with Crippen molar-refractivity contribution in [1.29, 1.82) is 0 Å². The number of nitrogens with one attached hydrogen (secondary N) is 1. The quantitative estimate of drug-likeness (QED) is 0.495. The third-order valence-corrected chi connectivity index (χ3v) is 3.20. The number of carboxylic acid groups (broad SMARTS) is 1. The van der Waals surface area contributed by atoms with Gasteiger partial charge in [0.05, 0.1) is 17.1 Å².